The molecule has 0 fully saturated rings. The number of hydrogen-bond donors (Lipinski definition) is 3. The Bertz CT molecular complexity index is 551. The Kier molecular flexibility index (Phi) is 4.21. The minimum atomic E-state index is -0.687. The number of hydrogen-bond acceptors (Lipinski definition) is 6. The van der Waals surface area contributed by atoms with E-state index in [0.717, 1.165) is 16.0 Å². The van der Waals surface area contributed by atoms with Crippen LogP contribution in [0.4, 0.5) is 11.8 Å². The number of thiophene rings is 1. The van der Waals surface area contributed by atoms with Gasteiger partial charge in [0.2, 0.25) is 5.95 Å². The van der Waals surface area contributed by atoms with Crippen molar-refractivity contribution in [1.29, 1.82) is 0 Å². The second-order valence-corrected chi connectivity index (χ2v) is 5.46. The largest absolute Gasteiger partial charge is 0.388 e. The Hall–Kier alpha value is -1.40. The Morgan fingerprint density at radius 1 is 1.32 bits per heavy atom. The SMILES string of the molecule is CCC(O)(CC)CNc1nc(NC)nc2sccc12. The topological polar surface area (TPSA) is 70.1 Å². The smallest absolute Gasteiger partial charge is 0.225 e. The lowest BCUT2D eigenvalue weighted by atomic mass is 9.98. The molecule has 5 nitrogen and oxygen atoms in total. The lowest BCUT2D eigenvalue weighted by Gasteiger charge is -2.25. The van der Waals surface area contributed by atoms with Crippen LogP contribution in [0.2, 0.25) is 0 Å². The molecule has 0 aliphatic rings. The maximum atomic E-state index is 10.3. The second-order valence-electron chi connectivity index (χ2n) is 4.57. The van der Waals surface area contributed by atoms with E-state index in [1.165, 1.54) is 0 Å². The molecule has 2 rings (SSSR count). The van der Waals surface area contributed by atoms with Crippen molar-refractivity contribution in [3.63, 3.8) is 0 Å². The van der Waals surface area contributed by atoms with Crippen LogP contribution in [0, 0.1) is 0 Å². The van der Waals surface area contributed by atoms with E-state index < -0.39 is 5.60 Å². The highest BCUT2D eigenvalue weighted by Gasteiger charge is 2.22. The maximum Gasteiger partial charge on any atom is 0.225 e. The molecule has 0 aliphatic carbocycles. The van der Waals surface area contributed by atoms with Crippen molar-refractivity contribution < 1.29 is 5.11 Å². The number of fused-ring (bicyclic) bond motifs is 1. The predicted molar refractivity (Wildman–Crippen MR) is 81.0 cm³/mol. The average molecular weight is 280 g/mol. The van der Waals surface area contributed by atoms with Crippen molar-refractivity contribution in [1.82, 2.24) is 9.97 Å². The summed E-state index contributed by atoms with van der Waals surface area (Å²) >= 11 is 1.58. The van der Waals surface area contributed by atoms with Gasteiger partial charge >= 0.3 is 0 Å². The van der Waals surface area contributed by atoms with Gasteiger partial charge in [0.1, 0.15) is 10.6 Å². The molecule has 0 unspecified atom stereocenters. The first-order chi connectivity index (χ1) is 9.11. The molecular formula is C13H20N4OS. The fourth-order valence-corrected chi connectivity index (χ4v) is 2.61. The van der Waals surface area contributed by atoms with Crippen molar-refractivity contribution in [3.8, 4) is 0 Å². The molecule has 2 aromatic heterocycles. The van der Waals surface area contributed by atoms with Crippen LogP contribution in [0.1, 0.15) is 26.7 Å². The summed E-state index contributed by atoms with van der Waals surface area (Å²) in [5.41, 5.74) is -0.687. The molecule has 0 saturated carbocycles. The van der Waals surface area contributed by atoms with Crippen molar-refractivity contribution in [2.75, 3.05) is 24.2 Å². The Balaban J connectivity index is 2.26. The van der Waals surface area contributed by atoms with Gasteiger partial charge in [0.15, 0.2) is 0 Å². The summed E-state index contributed by atoms with van der Waals surface area (Å²) in [5.74, 6) is 1.37. The average Bonchev–Trinajstić information content (AvgIpc) is 2.92. The normalized spacial score (nSPS) is 11.8. The quantitative estimate of drug-likeness (QED) is 0.759. The van der Waals surface area contributed by atoms with E-state index in [-0.39, 0.29) is 0 Å². The van der Waals surface area contributed by atoms with Gasteiger partial charge in [0.25, 0.3) is 0 Å². The van der Waals surface area contributed by atoms with E-state index >= 15 is 0 Å². The Morgan fingerprint density at radius 2 is 2.05 bits per heavy atom. The van der Waals surface area contributed by atoms with Gasteiger partial charge in [-0.25, -0.2) is 4.98 Å². The molecule has 6 heteroatoms. The molecule has 2 aromatic rings. The van der Waals surface area contributed by atoms with E-state index in [1.807, 2.05) is 25.3 Å². The fraction of sp³-hybridized carbons (Fsp3) is 0.538. The fourth-order valence-electron chi connectivity index (χ4n) is 1.85. The van der Waals surface area contributed by atoms with Crippen molar-refractivity contribution in [3.05, 3.63) is 11.4 Å². The van der Waals surface area contributed by atoms with Crippen LogP contribution in [-0.4, -0.2) is 34.3 Å². The van der Waals surface area contributed by atoms with Gasteiger partial charge in [-0.05, 0) is 24.3 Å². The zero-order valence-corrected chi connectivity index (χ0v) is 12.3. The predicted octanol–water partition coefficient (Wildman–Crippen LogP) is 2.70. The van der Waals surface area contributed by atoms with Gasteiger partial charge in [0.05, 0.1) is 11.0 Å². The van der Waals surface area contributed by atoms with Gasteiger partial charge in [-0.1, -0.05) is 13.8 Å². The summed E-state index contributed by atoms with van der Waals surface area (Å²) in [5, 5.41) is 19.5. The van der Waals surface area contributed by atoms with Crippen LogP contribution < -0.4 is 10.6 Å². The summed E-state index contributed by atoms with van der Waals surface area (Å²) < 4.78 is 0. The van der Waals surface area contributed by atoms with E-state index in [2.05, 4.69) is 20.6 Å². The van der Waals surface area contributed by atoms with Gasteiger partial charge in [-0.15, -0.1) is 11.3 Å². The monoisotopic (exact) mass is 280 g/mol. The number of anilines is 2. The molecule has 0 amide bonds. The molecule has 0 bridgehead atoms. The Morgan fingerprint density at radius 3 is 2.68 bits per heavy atom. The summed E-state index contributed by atoms with van der Waals surface area (Å²) in [6.07, 6.45) is 1.43. The third kappa shape index (κ3) is 2.96. The van der Waals surface area contributed by atoms with Gasteiger partial charge in [-0.3, -0.25) is 0 Å². The number of aliphatic hydroxyl groups is 1. The molecule has 0 aromatic carbocycles. The van der Waals surface area contributed by atoms with E-state index in [0.29, 0.717) is 25.3 Å². The molecule has 3 N–H and O–H groups in total. The molecule has 19 heavy (non-hydrogen) atoms. The molecular weight excluding hydrogens is 260 g/mol. The minimum Gasteiger partial charge on any atom is -0.388 e. The second kappa shape index (κ2) is 5.71. The van der Waals surface area contributed by atoms with Crippen LogP contribution in [0.3, 0.4) is 0 Å². The van der Waals surface area contributed by atoms with Crippen LogP contribution in [-0.2, 0) is 0 Å². The highest BCUT2D eigenvalue weighted by molar-refractivity contribution is 7.16. The molecule has 0 aliphatic heterocycles. The number of aromatic nitrogens is 2. The number of nitrogens with zero attached hydrogens (tertiary/aromatic N) is 2. The first-order valence-electron chi connectivity index (χ1n) is 6.51. The van der Waals surface area contributed by atoms with Crippen molar-refractivity contribution >= 4 is 33.3 Å². The minimum absolute atomic E-state index is 0.491. The summed E-state index contributed by atoms with van der Waals surface area (Å²) in [6.45, 7) is 4.47. The molecule has 0 spiro atoms. The third-order valence-electron chi connectivity index (χ3n) is 3.45. The van der Waals surface area contributed by atoms with Crippen molar-refractivity contribution in [2.24, 2.45) is 0 Å². The highest BCUT2D eigenvalue weighted by atomic mass is 32.1. The van der Waals surface area contributed by atoms with E-state index in [4.69, 9.17) is 0 Å². The summed E-state index contributed by atoms with van der Waals surface area (Å²) in [4.78, 5) is 9.76. The molecule has 2 heterocycles. The molecule has 0 saturated heterocycles. The lowest BCUT2D eigenvalue weighted by molar-refractivity contribution is 0.0456. The first-order valence-corrected chi connectivity index (χ1v) is 7.39. The number of rotatable bonds is 6. The van der Waals surface area contributed by atoms with E-state index in [9.17, 15) is 5.11 Å². The zero-order chi connectivity index (χ0) is 13.9. The molecule has 0 atom stereocenters. The number of nitrogens with one attached hydrogen (secondary N) is 2. The van der Waals surface area contributed by atoms with Crippen LogP contribution in [0.15, 0.2) is 11.4 Å². The molecule has 104 valence electrons. The third-order valence-corrected chi connectivity index (χ3v) is 4.26. The van der Waals surface area contributed by atoms with Crippen LogP contribution >= 0.6 is 11.3 Å². The standard InChI is InChI=1S/C13H20N4OS/c1-4-13(18,5-2)8-15-10-9-6-7-19-11(9)17-12(14-3)16-10/h6-7,18H,4-5,8H2,1-3H3,(H2,14,15,16,17). The zero-order valence-electron chi connectivity index (χ0n) is 11.5. The first kappa shape index (κ1) is 14.0. The highest BCUT2D eigenvalue weighted by Crippen LogP contribution is 2.27. The summed E-state index contributed by atoms with van der Waals surface area (Å²) in [7, 11) is 1.80. The lowest BCUT2D eigenvalue weighted by Crippen LogP contribution is -2.35. The van der Waals surface area contributed by atoms with Gasteiger partial charge in [-0.2, -0.15) is 4.98 Å². The molecule has 0 radical (unpaired) electrons. The van der Waals surface area contributed by atoms with Crippen LogP contribution in [0.25, 0.3) is 10.2 Å². The van der Waals surface area contributed by atoms with Crippen molar-refractivity contribution in [2.45, 2.75) is 32.3 Å². The van der Waals surface area contributed by atoms with Gasteiger partial charge in [0, 0.05) is 13.6 Å². The van der Waals surface area contributed by atoms with E-state index in [1.54, 1.807) is 18.4 Å². The Labute approximate surface area is 117 Å². The van der Waals surface area contributed by atoms with Gasteiger partial charge < -0.3 is 15.7 Å². The maximum absolute atomic E-state index is 10.3. The van der Waals surface area contributed by atoms with Crippen LogP contribution in [0.5, 0.6) is 0 Å². The summed E-state index contributed by atoms with van der Waals surface area (Å²) in [6, 6.07) is 2.00.